The van der Waals surface area contributed by atoms with Gasteiger partial charge in [0.05, 0.1) is 5.69 Å². The zero-order valence-corrected chi connectivity index (χ0v) is 14.9. The first-order chi connectivity index (χ1) is 11.9. The Morgan fingerprint density at radius 1 is 1.04 bits per heavy atom. The average molecular weight is 395 g/mol. The van der Waals surface area contributed by atoms with Gasteiger partial charge < -0.3 is 0 Å². The minimum Gasteiger partial charge on any atom is -0.296 e. The first-order valence-electron chi connectivity index (χ1n) is 6.92. The lowest BCUT2D eigenvalue weighted by molar-refractivity contribution is 0.102. The molecule has 0 aliphatic rings. The zero-order valence-electron chi connectivity index (χ0n) is 12.5. The molecule has 0 radical (unpaired) electrons. The van der Waals surface area contributed by atoms with Crippen LogP contribution in [0.4, 0.5) is 10.8 Å². The van der Waals surface area contributed by atoms with Crippen molar-refractivity contribution in [2.45, 2.75) is 4.34 Å². The first kappa shape index (κ1) is 17.3. The number of rotatable bonds is 5. The summed E-state index contributed by atoms with van der Waals surface area (Å²) in [6, 6.07) is 14.8. The first-order valence-corrected chi connectivity index (χ1v) is 9.60. The lowest BCUT2D eigenvalue weighted by atomic mass is 10.2. The van der Waals surface area contributed by atoms with Crippen molar-refractivity contribution in [3.8, 4) is 0 Å². The molecule has 0 fully saturated rings. The van der Waals surface area contributed by atoms with E-state index in [9.17, 15) is 13.2 Å². The number of sulfonamides is 1. The van der Waals surface area contributed by atoms with E-state index in [2.05, 4.69) is 20.2 Å². The number of nitrogens with zero attached hydrogens (tertiary/aromatic N) is 2. The summed E-state index contributed by atoms with van der Waals surface area (Å²) in [4.78, 5) is 12.0. The second kappa shape index (κ2) is 7.18. The van der Waals surface area contributed by atoms with Gasteiger partial charge >= 0.3 is 0 Å². The number of nitrogens with one attached hydrogen (secondary N) is 2. The van der Waals surface area contributed by atoms with Crippen molar-refractivity contribution in [1.82, 2.24) is 10.2 Å². The molecule has 128 valence electrons. The number of hydrogen-bond donors (Lipinski definition) is 2. The van der Waals surface area contributed by atoms with Crippen LogP contribution in [0.15, 0.2) is 58.9 Å². The highest BCUT2D eigenvalue weighted by Crippen LogP contribution is 2.24. The Hall–Kier alpha value is -2.49. The Morgan fingerprint density at radius 2 is 1.80 bits per heavy atom. The molecule has 0 aliphatic carbocycles. The molecular weight excluding hydrogens is 384 g/mol. The van der Waals surface area contributed by atoms with E-state index in [0.29, 0.717) is 16.3 Å². The van der Waals surface area contributed by atoms with Gasteiger partial charge in [-0.1, -0.05) is 47.2 Å². The Balaban J connectivity index is 1.75. The van der Waals surface area contributed by atoms with Crippen molar-refractivity contribution >= 4 is 49.7 Å². The standard InChI is InChI=1S/C15H11ClN4O3S2/c16-11-7-4-8-12(9-11)20-25(22,23)15-19-18-14(24-15)17-13(21)10-5-2-1-3-6-10/h1-9,20H,(H,17,18,21). The summed E-state index contributed by atoms with van der Waals surface area (Å²) >= 11 is 6.58. The van der Waals surface area contributed by atoms with Crippen LogP contribution in [-0.4, -0.2) is 24.5 Å². The van der Waals surface area contributed by atoms with Gasteiger partial charge in [-0.15, -0.1) is 10.2 Å². The molecule has 1 amide bonds. The predicted molar refractivity (Wildman–Crippen MR) is 96.6 cm³/mol. The highest BCUT2D eigenvalue weighted by atomic mass is 35.5. The van der Waals surface area contributed by atoms with Gasteiger partial charge in [-0.25, -0.2) is 0 Å². The lowest BCUT2D eigenvalue weighted by Gasteiger charge is -2.04. The monoisotopic (exact) mass is 394 g/mol. The summed E-state index contributed by atoms with van der Waals surface area (Å²) in [6.07, 6.45) is 0. The van der Waals surface area contributed by atoms with Crippen LogP contribution < -0.4 is 10.0 Å². The van der Waals surface area contributed by atoms with Gasteiger partial charge in [0.25, 0.3) is 20.3 Å². The quantitative estimate of drug-likeness (QED) is 0.647. The number of benzene rings is 2. The second-order valence-corrected chi connectivity index (χ2v) is 8.08. The van der Waals surface area contributed by atoms with Gasteiger partial charge in [0, 0.05) is 10.6 Å². The highest BCUT2D eigenvalue weighted by Gasteiger charge is 2.21. The van der Waals surface area contributed by atoms with Crippen LogP contribution in [0, 0.1) is 0 Å². The Kier molecular flexibility index (Phi) is 4.98. The fourth-order valence-corrected chi connectivity index (χ4v) is 4.01. The SMILES string of the molecule is O=C(Nc1nnc(S(=O)(=O)Nc2cccc(Cl)c2)s1)c1ccccc1. The number of halogens is 1. The molecule has 0 saturated heterocycles. The fourth-order valence-electron chi connectivity index (χ4n) is 1.88. The molecular formula is C15H11ClN4O3S2. The normalized spacial score (nSPS) is 11.1. The maximum atomic E-state index is 12.3. The number of hydrogen-bond acceptors (Lipinski definition) is 6. The second-order valence-electron chi connectivity index (χ2n) is 4.81. The Bertz CT molecular complexity index is 1010. The summed E-state index contributed by atoms with van der Waals surface area (Å²) in [5, 5.41) is 10.3. The van der Waals surface area contributed by atoms with Gasteiger partial charge in [0.1, 0.15) is 0 Å². The minimum atomic E-state index is -3.92. The fraction of sp³-hybridized carbons (Fsp3) is 0. The van der Waals surface area contributed by atoms with E-state index in [1.807, 2.05) is 0 Å². The van der Waals surface area contributed by atoms with E-state index < -0.39 is 15.9 Å². The highest BCUT2D eigenvalue weighted by molar-refractivity contribution is 7.94. The average Bonchev–Trinajstić information content (AvgIpc) is 3.05. The van der Waals surface area contributed by atoms with Crippen molar-refractivity contribution in [2.75, 3.05) is 10.0 Å². The number of aromatic nitrogens is 2. The summed E-state index contributed by atoms with van der Waals surface area (Å²) in [6.45, 7) is 0. The van der Waals surface area contributed by atoms with Crippen LogP contribution in [0.25, 0.3) is 0 Å². The van der Waals surface area contributed by atoms with E-state index in [-0.39, 0.29) is 9.47 Å². The van der Waals surface area contributed by atoms with Crippen LogP contribution in [-0.2, 0) is 10.0 Å². The summed E-state index contributed by atoms with van der Waals surface area (Å²) in [5.41, 5.74) is 0.733. The van der Waals surface area contributed by atoms with Crippen molar-refractivity contribution in [1.29, 1.82) is 0 Å². The van der Waals surface area contributed by atoms with Crippen LogP contribution in [0.5, 0.6) is 0 Å². The summed E-state index contributed by atoms with van der Waals surface area (Å²) in [7, 11) is -3.92. The molecule has 0 saturated carbocycles. The van der Waals surface area contributed by atoms with Gasteiger partial charge in [-0.3, -0.25) is 14.8 Å². The molecule has 0 spiro atoms. The Morgan fingerprint density at radius 3 is 2.52 bits per heavy atom. The molecule has 0 bridgehead atoms. The van der Waals surface area contributed by atoms with E-state index in [1.54, 1.807) is 48.5 Å². The minimum absolute atomic E-state index is 0.0836. The molecule has 10 heteroatoms. The number of carbonyl (C=O) groups is 1. The van der Waals surface area contributed by atoms with Crippen LogP contribution >= 0.6 is 22.9 Å². The third-order valence-corrected chi connectivity index (χ3v) is 5.79. The molecule has 1 heterocycles. The summed E-state index contributed by atoms with van der Waals surface area (Å²) in [5.74, 6) is -0.400. The summed E-state index contributed by atoms with van der Waals surface area (Å²) < 4.78 is 26.7. The van der Waals surface area contributed by atoms with Gasteiger partial charge in [0.15, 0.2) is 0 Å². The van der Waals surface area contributed by atoms with Crippen LogP contribution in [0.2, 0.25) is 5.02 Å². The van der Waals surface area contributed by atoms with E-state index >= 15 is 0 Å². The van der Waals surface area contributed by atoms with Gasteiger partial charge in [0.2, 0.25) is 5.13 Å². The topological polar surface area (TPSA) is 101 Å². The molecule has 0 atom stereocenters. The molecule has 2 aromatic carbocycles. The zero-order chi connectivity index (χ0) is 17.9. The molecule has 3 aromatic rings. The Labute approximate surface area is 152 Å². The third kappa shape index (κ3) is 4.32. The molecule has 3 rings (SSSR count). The molecule has 7 nitrogen and oxygen atoms in total. The molecule has 0 aliphatic heterocycles. The van der Waals surface area contributed by atoms with E-state index in [0.717, 1.165) is 11.3 Å². The number of carbonyl (C=O) groups excluding carboxylic acids is 1. The smallest absolute Gasteiger partial charge is 0.291 e. The third-order valence-electron chi connectivity index (χ3n) is 2.97. The maximum absolute atomic E-state index is 12.3. The largest absolute Gasteiger partial charge is 0.296 e. The molecule has 25 heavy (non-hydrogen) atoms. The molecule has 1 aromatic heterocycles. The molecule has 2 N–H and O–H groups in total. The predicted octanol–water partition coefficient (Wildman–Crippen LogP) is 3.24. The lowest BCUT2D eigenvalue weighted by Crippen LogP contribution is -2.12. The van der Waals surface area contributed by atoms with E-state index in [4.69, 9.17) is 11.6 Å². The molecule has 0 unspecified atom stereocenters. The van der Waals surface area contributed by atoms with E-state index in [1.165, 1.54) is 6.07 Å². The number of amides is 1. The van der Waals surface area contributed by atoms with Crippen LogP contribution in [0.3, 0.4) is 0 Å². The van der Waals surface area contributed by atoms with Gasteiger partial charge in [-0.05, 0) is 30.3 Å². The van der Waals surface area contributed by atoms with Crippen molar-refractivity contribution in [2.24, 2.45) is 0 Å². The van der Waals surface area contributed by atoms with Crippen molar-refractivity contribution < 1.29 is 13.2 Å². The van der Waals surface area contributed by atoms with Gasteiger partial charge in [-0.2, -0.15) is 8.42 Å². The number of anilines is 2. The van der Waals surface area contributed by atoms with Crippen molar-refractivity contribution in [3.05, 3.63) is 65.2 Å². The van der Waals surface area contributed by atoms with Crippen LogP contribution in [0.1, 0.15) is 10.4 Å². The van der Waals surface area contributed by atoms with Crippen molar-refractivity contribution in [3.63, 3.8) is 0 Å². The maximum Gasteiger partial charge on any atom is 0.291 e.